The van der Waals surface area contributed by atoms with Crippen LogP contribution in [0.4, 0.5) is 40.7 Å². The summed E-state index contributed by atoms with van der Waals surface area (Å²) < 4.78 is 53.6. The Morgan fingerprint density at radius 1 is 0.857 bits per heavy atom. The minimum atomic E-state index is -4.65. The van der Waals surface area contributed by atoms with Gasteiger partial charge in [0.1, 0.15) is 11.4 Å². The van der Waals surface area contributed by atoms with Crippen molar-refractivity contribution >= 4 is 34.7 Å². The Balaban J connectivity index is 2.06. The van der Waals surface area contributed by atoms with Crippen LogP contribution in [0.15, 0.2) is 54.7 Å². The van der Waals surface area contributed by atoms with Gasteiger partial charge in [-0.05, 0) is 48.5 Å². The van der Waals surface area contributed by atoms with Crippen LogP contribution in [0.1, 0.15) is 5.56 Å². The smallest absolute Gasteiger partial charge is 0.329 e. The first-order valence-electron chi connectivity index (χ1n) is 8.09. The maximum Gasteiger partial charge on any atom is 0.421 e. The Morgan fingerprint density at radius 2 is 1.39 bits per heavy atom. The van der Waals surface area contributed by atoms with E-state index in [9.17, 15) is 17.6 Å². The summed E-state index contributed by atoms with van der Waals surface area (Å²) in [5.41, 5.74) is 0.0119. The number of benzene rings is 2. The summed E-state index contributed by atoms with van der Waals surface area (Å²) >= 11 is 5.87. The van der Waals surface area contributed by atoms with Gasteiger partial charge in [-0.1, -0.05) is 11.6 Å². The van der Waals surface area contributed by atoms with E-state index in [4.69, 9.17) is 11.6 Å². The first-order valence-corrected chi connectivity index (χ1v) is 8.47. The summed E-state index contributed by atoms with van der Waals surface area (Å²) in [6.45, 7) is 0. The first kappa shape index (κ1) is 19.9. The second-order valence-electron chi connectivity index (χ2n) is 5.98. The van der Waals surface area contributed by atoms with Crippen LogP contribution in [0.2, 0.25) is 5.02 Å². The van der Waals surface area contributed by atoms with Crippen molar-refractivity contribution < 1.29 is 17.6 Å². The molecule has 0 bridgehead atoms. The van der Waals surface area contributed by atoms with Crippen LogP contribution < -0.4 is 9.80 Å². The van der Waals surface area contributed by atoms with Crippen LogP contribution in [0, 0.1) is 5.82 Å². The lowest BCUT2D eigenvalue weighted by Gasteiger charge is -2.25. The molecule has 0 fully saturated rings. The zero-order valence-corrected chi connectivity index (χ0v) is 15.6. The molecule has 0 N–H and O–H groups in total. The van der Waals surface area contributed by atoms with E-state index in [0.29, 0.717) is 16.4 Å². The van der Waals surface area contributed by atoms with Gasteiger partial charge in [-0.3, -0.25) is 0 Å². The molecule has 4 nitrogen and oxygen atoms in total. The number of hydrogen-bond donors (Lipinski definition) is 0. The lowest BCUT2D eigenvalue weighted by molar-refractivity contribution is -0.137. The Labute approximate surface area is 164 Å². The molecule has 0 atom stereocenters. The zero-order valence-electron chi connectivity index (χ0n) is 14.9. The molecular formula is C19H15ClF4N4. The number of anilines is 4. The molecule has 3 rings (SSSR count). The summed E-state index contributed by atoms with van der Waals surface area (Å²) in [5, 5.41) is 0.530. The van der Waals surface area contributed by atoms with Gasteiger partial charge in [0, 0.05) is 36.7 Å². The van der Waals surface area contributed by atoms with Gasteiger partial charge in [-0.15, -0.1) is 0 Å². The predicted molar refractivity (Wildman–Crippen MR) is 101 cm³/mol. The third-order valence-corrected chi connectivity index (χ3v) is 4.36. The quantitative estimate of drug-likeness (QED) is 0.507. The van der Waals surface area contributed by atoms with Gasteiger partial charge in [0.25, 0.3) is 0 Å². The highest BCUT2D eigenvalue weighted by Crippen LogP contribution is 2.38. The lowest BCUT2D eigenvalue weighted by Crippen LogP contribution is -2.21. The molecule has 9 heteroatoms. The molecule has 2 aromatic carbocycles. The molecule has 3 aromatic rings. The average Bonchev–Trinajstić information content (AvgIpc) is 2.67. The molecule has 1 aromatic heterocycles. The fraction of sp³-hybridized carbons (Fsp3) is 0.158. The van der Waals surface area contributed by atoms with Crippen molar-refractivity contribution in [3.8, 4) is 0 Å². The Morgan fingerprint density at radius 3 is 1.96 bits per heavy atom. The third-order valence-electron chi connectivity index (χ3n) is 4.11. The second-order valence-corrected chi connectivity index (χ2v) is 6.41. The number of nitrogens with zero attached hydrogens (tertiary/aromatic N) is 4. The summed E-state index contributed by atoms with van der Waals surface area (Å²) in [5.74, 6) is -0.761. The van der Waals surface area contributed by atoms with Gasteiger partial charge in [0.15, 0.2) is 5.82 Å². The van der Waals surface area contributed by atoms with Crippen molar-refractivity contribution in [3.05, 3.63) is 71.1 Å². The summed E-state index contributed by atoms with van der Waals surface area (Å²) in [6.07, 6.45) is -3.91. The molecule has 146 valence electrons. The standard InChI is InChI=1S/C19H15ClF4N4/c1-27(14-9-5-13(21)6-10-14)17-16(19(22,23)24)11-25-18(26-17)28(2)15-7-3-12(20)4-8-15/h3-11H,1-2H3. The minimum Gasteiger partial charge on any atom is -0.329 e. The molecule has 0 amide bonds. The van der Waals surface area contributed by atoms with E-state index in [2.05, 4.69) is 9.97 Å². The van der Waals surface area contributed by atoms with Gasteiger partial charge in [0.05, 0.1) is 0 Å². The number of aromatic nitrogens is 2. The van der Waals surface area contributed by atoms with Crippen molar-refractivity contribution in [3.63, 3.8) is 0 Å². The van der Waals surface area contributed by atoms with E-state index in [1.165, 1.54) is 36.2 Å². The van der Waals surface area contributed by atoms with Crippen LogP contribution in [0.25, 0.3) is 0 Å². The molecular weight excluding hydrogens is 396 g/mol. The van der Waals surface area contributed by atoms with Crippen LogP contribution in [0.3, 0.4) is 0 Å². The zero-order chi connectivity index (χ0) is 20.5. The normalized spacial score (nSPS) is 11.4. The summed E-state index contributed by atoms with van der Waals surface area (Å²) in [4.78, 5) is 10.8. The van der Waals surface area contributed by atoms with Crippen LogP contribution >= 0.6 is 11.6 Å². The van der Waals surface area contributed by atoms with E-state index >= 15 is 0 Å². The molecule has 0 aliphatic rings. The van der Waals surface area contributed by atoms with Gasteiger partial charge >= 0.3 is 6.18 Å². The van der Waals surface area contributed by atoms with E-state index < -0.39 is 17.6 Å². The monoisotopic (exact) mass is 410 g/mol. The molecule has 28 heavy (non-hydrogen) atoms. The van der Waals surface area contributed by atoms with E-state index in [1.807, 2.05) is 0 Å². The largest absolute Gasteiger partial charge is 0.421 e. The van der Waals surface area contributed by atoms with E-state index in [-0.39, 0.29) is 11.8 Å². The van der Waals surface area contributed by atoms with Gasteiger partial charge in [-0.25, -0.2) is 9.37 Å². The molecule has 0 unspecified atom stereocenters. The van der Waals surface area contributed by atoms with Crippen molar-refractivity contribution in [2.45, 2.75) is 6.18 Å². The van der Waals surface area contributed by atoms with E-state index in [1.54, 1.807) is 36.2 Å². The van der Waals surface area contributed by atoms with Gasteiger partial charge < -0.3 is 9.80 Å². The van der Waals surface area contributed by atoms with Crippen LogP contribution in [-0.2, 0) is 6.18 Å². The van der Waals surface area contributed by atoms with E-state index in [0.717, 1.165) is 6.20 Å². The highest BCUT2D eigenvalue weighted by atomic mass is 35.5. The number of alkyl halides is 3. The number of rotatable bonds is 4. The lowest BCUT2D eigenvalue weighted by atomic mass is 10.2. The molecule has 0 radical (unpaired) electrons. The molecule has 0 saturated carbocycles. The fourth-order valence-electron chi connectivity index (χ4n) is 2.55. The highest BCUT2D eigenvalue weighted by Gasteiger charge is 2.37. The Kier molecular flexibility index (Phi) is 5.42. The average molecular weight is 411 g/mol. The summed E-state index contributed by atoms with van der Waals surface area (Å²) in [6, 6.07) is 11.8. The second kappa shape index (κ2) is 7.63. The van der Waals surface area contributed by atoms with Crippen molar-refractivity contribution in [1.82, 2.24) is 9.97 Å². The molecule has 0 aliphatic carbocycles. The summed E-state index contributed by atoms with van der Waals surface area (Å²) in [7, 11) is 3.06. The van der Waals surface area contributed by atoms with Crippen molar-refractivity contribution in [2.75, 3.05) is 23.9 Å². The molecule has 0 spiro atoms. The first-order chi connectivity index (χ1) is 13.2. The van der Waals surface area contributed by atoms with Gasteiger partial charge in [-0.2, -0.15) is 18.2 Å². The molecule has 0 aliphatic heterocycles. The van der Waals surface area contributed by atoms with Crippen molar-refractivity contribution in [2.24, 2.45) is 0 Å². The maximum absolute atomic E-state index is 13.5. The third kappa shape index (κ3) is 4.17. The van der Waals surface area contributed by atoms with Crippen LogP contribution in [-0.4, -0.2) is 24.1 Å². The topological polar surface area (TPSA) is 32.3 Å². The molecule has 0 saturated heterocycles. The van der Waals surface area contributed by atoms with Crippen LogP contribution in [0.5, 0.6) is 0 Å². The Hall–Kier alpha value is -2.87. The molecule has 1 heterocycles. The van der Waals surface area contributed by atoms with Gasteiger partial charge in [0.2, 0.25) is 5.95 Å². The van der Waals surface area contributed by atoms with Crippen molar-refractivity contribution in [1.29, 1.82) is 0 Å². The Bertz CT molecular complexity index is 959. The SMILES string of the molecule is CN(c1ccc(Cl)cc1)c1ncc(C(F)(F)F)c(N(C)c2ccc(F)cc2)n1. The maximum atomic E-state index is 13.5. The number of hydrogen-bond acceptors (Lipinski definition) is 4. The predicted octanol–water partition coefficient (Wildman–Crippen LogP) is 5.82. The minimum absolute atomic E-state index is 0.0688. The fourth-order valence-corrected chi connectivity index (χ4v) is 2.67. The highest BCUT2D eigenvalue weighted by molar-refractivity contribution is 6.30. The number of halogens is 5.